The van der Waals surface area contributed by atoms with Gasteiger partial charge in [-0.1, -0.05) is 23.2 Å². The van der Waals surface area contributed by atoms with E-state index in [1.165, 1.54) is 0 Å². The van der Waals surface area contributed by atoms with Crippen LogP contribution < -0.4 is 10.6 Å². The maximum Gasteiger partial charge on any atom is 0.221 e. The number of carbonyl (C=O) groups excluding carboxylic acids is 1. The van der Waals surface area contributed by atoms with Crippen molar-refractivity contribution in [2.24, 2.45) is 0 Å². The van der Waals surface area contributed by atoms with Crippen LogP contribution in [0.15, 0.2) is 12.1 Å². The molecule has 1 aromatic carbocycles. The number of aromatic hydroxyl groups is 1. The average molecular weight is 317 g/mol. The Bertz CT molecular complexity index is 508. The van der Waals surface area contributed by atoms with Crippen LogP contribution in [0.2, 0.25) is 10.0 Å². The van der Waals surface area contributed by atoms with Crippen LogP contribution in [0.4, 0.5) is 0 Å². The summed E-state index contributed by atoms with van der Waals surface area (Å²) in [6.07, 6.45) is 2.03. The predicted octanol–water partition coefficient (Wildman–Crippen LogP) is 2.67. The average Bonchev–Trinajstić information content (AvgIpc) is 2.44. The van der Waals surface area contributed by atoms with Crippen molar-refractivity contribution < 1.29 is 9.90 Å². The van der Waals surface area contributed by atoms with E-state index in [-0.39, 0.29) is 23.6 Å². The number of hydrogen-bond donors (Lipinski definition) is 3. The first-order valence-corrected chi connectivity index (χ1v) is 7.39. The van der Waals surface area contributed by atoms with Gasteiger partial charge in [-0.3, -0.25) is 4.79 Å². The van der Waals surface area contributed by atoms with E-state index in [2.05, 4.69) is 10.6 Å². The normalized spacial score (nSPS) is 22.6. The zero-order valence-corrected chi connectivity index (χ0v) is 12.8. The van der Waals surface area contributed by atoms with Crippen LogP contribution in [0, 0.1) is 0 Å². The number of rotatable bonds is 3. The third-order valence-corrected chi connectivity index (χ3v) is 4.54. The fraction of sp³-hybridized carbons (Fsp3) is 0.500. The molecular weight excluding hydrogens is 299 g/mol. The molecule has 1 aliphatic rings. The molecule has 1 amide bonds. The quantitative estimate of drug-likeness (QED) is 0.803. The monoisotopic (exact) mass is 316 g/mol. The second kappa shape index (κ2) is 6.66. The first-order chi connectivity index (χ1) is 9.52. The zero-order valence-electron chi connectivity index (χ0n) is 11.2. The summed E-state index contributed by atoms with van der Waals surface area (Å²) in [4.78, 5) is 11.5. The van der Waals surface area contributed by atoms with Gasteiger partial charge in [-0.25, -0.2) is 0 Å². The number of nitrogens with one attached hydrogen (secondary N) is 2. The Morgan fingerprint density at radius 2 is 2.25 bits per heavy atom. The second-order valence-corrected chi connectivity index (χ2v) is 5.83. The minimum atomic E-state index is 0.00422. The highest BCUT2D eigenvalue weighted by atomic mass is 35.5. The van der Waals surface area contributed by atoms with Crippen LogP contribution in [0.1, 0.15) is 30.7 Å². The summed E-state index contributed by atoms with van der Waals surface area (Å²) >= 11 is 12.2. The van der Waals surface area contributed by atoms with E-state index in [9.17, 15) is 9.90 Å². The lowest BCUT2D eigenvalue weighted by Crippen LogP contribution is -2.40. The summed E-state index contributed by atoms with van der Waals surface area (Å²) in [6.45, 7) is 0.786. The lowest BCUT2D eigenvalue weighted by molar-refractivity contribution is -0.121. The Kier molecular flexibility index (Phi) is 5.13. The smallest absolute Gasteiger partial charge is 0.221 e. The fourth-order valence-electron chi connectivity index (χ4n) is 2.69. The third-order valence-electron chi connectivity index (χ3n) is 3.72. The van der Waals surface area contributed by atoms with Gasteiger partial charge in [-0.2, -0.15) is 0 Å². The van der Waals surface area contributed by atoms with E-state index in [0.29, 0.717) is 22.0 Å². The van der Waals surface area contributed by atoms with E-state index < -0.39 is 0 Å². The lowest BCUT2D eigenvalue weighted by Gasteiger charge is -2.31. The molecule has 0 bridgehead atoms. The Hall–Kier alpha value is -0.970. The van der Waals surface area contributed by atoms with E-state index in [4.69, 9.17) is 23.2 Å². The standard InChI is InChI=1S/C14H18Cl2N2O2/c1-17-12(20)7-9-6-8(4-5-18-9)13-11(19)3-2-10(15)14(13)16/h2-3,8-9,18-19H,4-7H2,1H3,(H,17,20)/t8-,9+/m0/s1. The molecule has 1 heterocycles. The van der Waals surface area contributed by atoms with E-state index in [0.717, 1.165) is 19.4 Å². The molecule has 0 radical (unpaired) electrons. The molecule has 2 rings (SSSR count). The van der Waals surface area contributed by atoms with Crippen molar-refractivity contribution in [3.63, 3.8) is 0 Å². The highest BCUT2D eigenvalue weighted by Gasteiger charge is 2.28. The van der Waals surface area contributed by atoms with Gasteiger partial charge >= 0.3 is 0 Å². The molecule has 1 aromatic rings. The van der Waals surface area contributed by atoms with Crippen molar-refractivity contribution in [2.75, 3.05) is 13.6 Å². The van der Waals surface area contributed by atoms with E-state index in [1.54, 1.807) is 19.2 Å². The molecule has 2 atom stereocenters. The lowest BCUT2D eigenvalue weighted by atomic mass is 9.85. The summed E-state index contributed by atoms with van der Waals surface area (Å²) in [7, 11) is 1.63. The summed E-state index contributed by atoms with van der Waals surface area (Å²) in [6, 6.07) is 3.24. The van der Waals surface area contributed by atoms with Gasteiger partial charge in [0.05, 0.1) is 10.0 Å². The summed E-state index contributed by atoms with van der Waals surface area (Å²) < 4.78 is 0. The summed E-state index contributed by atoms with van der Waals surface area (Å²) in [5, 5.41) is 16.8. The molecular formula is C14H18Cl2N2O2. The Balaban J connectivity index is 2.17. The van der Waals surface area contributed by atoms with Crippen molar-refractivity contribution in [2.45, 2.75) is 31.2 Å². The SMILES string of the molecule is CNC(=O)C[C@H]1C[C@@H](c2c(O)ccc(Cl)c2Cl)CCN1. The summed E-state index contributed by atoms with van der Waals surface area (Å²) in [5.41, 5.74) is 0.697. The van der Waals surface area contributed by atoms with Crippen molar-refractivity contribution in [1.29, 1.82) is 0 Å². The number of benzene rings is 1. The molecule has 0 spiro atoms. The minimum Gasteiger partial charge on any atom is -0.508 e. The van der Waals surface area contributed by atoms with Crippen LogP contribution in [0.25, 0.3) is 0 Å². The molecule has 4 nitrogen and oxygen atoms in total. The molecule has 0 aromatic heterocycles. The molecule has 0 aliphatic carbocycles. The van der Waals surface area contributed by atoms with Crippen molar-refractivity contribution in [1.82, 2.24) is 10.6 Å². The Morgan fingerprint density at radius 3 is 2.95 bits per heavy atom. The van der Waals surface area contributed by atoms with Gasteiger partial charge in [0.15, 0.2) is 0 Å². The van der Waals surface area contributed by atoms with Gasteiger partial charge in [0, 0.05) is 25.1 Å². The number of amides is 1. The second-order valence-electron chi connectivity index (χ2n) is 5.04. The highest BCUT2D eigenvalue weighted by molar-refractivity contribution is 6.42. The van der Waals surface area contributed by atoms with Gasteiger partial charge in [0.1, 0.15) is 5.75 Å². The third kappa shape index (κ3) is 3.37. The molecule has 1 aliphatic heterocycles. The van der Waals surface area contributed by atoms with Gasteiger partial charge < -0.3 is 15.7 Å². The first-order valence-electron chi connectivity index (χ1n) is 6.63. The minimum absolute atomic E-state index is 0.00422. The Morgan fingerprint density at radius 1 is 1.50 bits per heavy atom. The maximum absolute atomic E-state index is 11.5. The predicted molar refractivity (Wildman–Crippen MR) is 80.6 cm³/mol. The van der Waals surface area contributed by atoms with Gasteiger partial charge in [-0.05, 0) is 37.4 Å². The van der Waals surface area contributed by atoms with Crippen molar-refractivity contribution >= 4 is 29.1 Å². The summed E-state index contributed by atoms with van der Waals surface area (Å²) in [5.74, 6) is 0.284. The number of piperidine rings is 1. The topological polar surface area (TPSA) is 61.4 Å². The fourth-order valence-corrected chi connectivity index (χ4v) is 3.17. The largest absolute Gasteiger partial charge is 0.508 e. The number of phenolic OH excluding ortho intramolecular Hbond substituents is 1. The molecule has 110 valence electrons. The molecule has 1 saturated heterocycles. The zero-order chi connectivity index (χ0) is 14.7. The van der Waals surface area contributed by atoms with Crippen molar-refractivity contribution in [3.05, 3.63) is 27.7 Å². The molecule has 0 unspecified atom stereocenters. The van der Waals surface area contributed by atoms with Crippen molar-refractivity contribution in [3.8, 4) is 5.75 Å². The van der Waals surface area contributed by atoms with Gasteiger partial charge in [0.2, 0.25) is 5.91 Å². The molecule has 3 N–H and O–H groups in total. The number of halogens is 2. The molecule has 6 heteroatoms. The Labute approximate surface area is 128 Å². The molecule has 1 fully saturated rings. The van der Waals surface area contributed by atoms with Crippen LogP contribution in [0.3, 0.4) is 0 Å². The maximum atomic E-state index is 11.5. The van der Waals surface area contributed by atoms with Crippen LogP contribution in [0.5, 0.6) is 5.75 Å². The van der Waals surface area contributed by atoms with E-state index >= 15 is 0 Å². The molecule has 0 saturated carbocycles. The van der Waals surface area contributed by atoms with Crippen LogP contribution in [-0.2, 0) is 4.79 Å². The van der Waals surface area contributed by atoms with Crippen LogP contribution in [-0.4, -0.2) is 30.6 Å². The number of carbonyl (C=O) groups is 1. The van der Waals surface area contributed by atoms with E-state index in [1.807, 2.05) is 0 Å². The first kappa shape index (κ1) is 15.4. The van der Waals surface area contributed by atoms with Crippen LogP contribution >= 0.6 is 23.2 Å². The molecule has 20 heavy (non-hydrogen) atoms. The number of hydrogen-bond acceptors (Lipinski definition) is 3. The number of phenols is 1. The highest BCUT2D eigenvalue weighted by Crippen LogP contribution is 2.41. The van der Waals surface area contributed by atoms with Gasteiger partial charge in [-0.15, -0.1) is 0 Å². The van der Waals surface area contributed by atoms with Gasteiger partial charge in [0.25, 0.3) is 0 Å².